The Balaban J connectivity index is 1.61. The van der Waals surface area contributed by atoms with Crippen molar-refractivity contribution in [2.75, 3.05) is 5.32 Å². The van der Waals surface area contributed by atoms with Gasteiger partial charge in [-0.15, -0.1) is 11.3 Å². The number of nitrogens with one attached hydrogen (secondary N) is 2. The lowest BCUT2D eigenvalue weighted by atomic mass is 10.0. The van der Waals surface area contributed by atoms with Crippen LogP contribution in [-0.4, -0.2) is 21.9 Å². The molecule has 1 aliphatic rings. The molecular formula is C19H15ClF4N4OS. The number of hydrogen-bond acceptors (Lipinski definition) is 4. The van der Waals surface area contributed by atoms with E-state index in [1.807, 2.05) is 0 Å². The lowest BCUT2D eigenvalue weighted by molar-refractivity contribution is -0.173. The molecule has 1 aliphatic heterocycles. The molecule has 2 atom stereocenters. The SMILES string of the molecule is O=C(NCc1ccc(F)cc1)c1nn2c(c1Cl)N[C@H](c1cccs1)C[C@@H]2C(F)(F)F. The summed E-state index contributed by atoms with van der Waals surface area (Å²) in [7, 11) is 0. The third-order valence-corrected chi connectivity index (χ3v) is 6.11. The summed E-state index contributed by atoms with van der Waals surface area (Å²) in [5.41, 5.74) is 0.316. The van der Waals surface area contributed by atoms with Gasteiger partial charge in [-0.25, -0.2) is 9.07 Å². The van der Waals surface area contributed by atoms with Crippen molar-refractivity contribution in [3.05, 3.63) is 68.8 Å². The molecule has 0 fully saturated rings. The van der Waals surface area contributed by atoms with Crippen molar-refractivity contribution in [2.24, 2.45) is 0 Å². The van der Waals surface area contributed by atoms with Gasteiger partial charge in [0.15, 0.2) is 11.7 Å². The molecule has 0 saturated heterocycles. The van der Waals surface area contributed by atoms with E-state index in [0.29, 0.717) is 5.56 Å². The highest BCUT2D eigenvalue weighted by Crippen LogP contribution is 2.46. The van der Waals surface area contributed by atoms with E-state index in [0.717, 1.165) is 9.56 Å². The van der Waals surface area contributed by atoms with Crippen LogP contribution < -0.4 is 10.6 Å². The molecule has 3 heterocycles. The van der Waals surface area contributed by atoms with Gasteiger partial charge >= 0.3 is 6.18 Å². The van der Waals surface area contributed by atoms with Crippen molar-refractivity contribution < 1.29 is 22.4 Å². The summed E-state index contributed by atoms with van der Waals surface area (Å²) in [6, 6.07) is 6.44. The second kappa shape index (κ2) is 7.92. The first-order chi connectivity index (χ1) is 14.2. The van der Waals surface area contributed by atoms with Gasteiger partial charge in [0.25, 0.3) is 5.91 Å². The monoisotopic (exact) mass is 458 g/mol. The average molecular weight is 459 g/mol. The van der Waals surface area contributed by atoms with Gasteiger partial charge in [0.05, 0.1) is 6.04 Å². The number of halogens is 5. The van der Waals surface area contributed by atoms with Crippen LogP contribution in [0.3, 0.4) is 0 Å². The first-order valence-corrected chi connectivity index (χ1v) is 10.2. The van der Waals surface area contributed by atoms with E-state index in [9.17, 15) is 22.4 Å². The van der Waals surface area contributed by atoms with E-state index in [2.05, 4.69) is 15.7 Å². The number of amides is 1. The van der Waals surface area contributed by atoms with Gasteiger partial charge in [-0.3, -0.25) is 4.79 Å². The molecule has 5 nitrogen and oxygen atoms in total. The van der Waals surface area contributed by atoms with Crippen molar-refractivity contribution in [3.8, 4) is 0 Å². The molecule has 0 spiro atoms. The van der Waals surface area contributed by atoms with Crippen molar-refractivity contribution in [1.29, 1.82) is 0 Å². The zero-order chi connectivity index (χ0) is 21.5. The van der Waals surface area contributed by atoms with E-state index in [4.69, 9.17) is 11.6 Å². The van der Waals surface area contributed by atoms with Gasteiger partial charge in [-0.2, -0.15) is 18.3 Å². The standard InChI is InChI=1S/C19H15ClF4N4OS/c20-15-16(18(29)25-9-10-3-5-11(21)6-4-10)27-28-14(19(22,23)24)8-12(26-17(15)28)13-2-1-7-30-13/h1-7,12,14,26H,8-9H2,(H,25,29)/t12-,14+/m0/s1. The minimum Gasteiger partial charge on any atom is -0.361 e. The number of anilines is 1. The topological polar surface area (TPSA) is 59.0 Å². The van der Waals surface area contributed by atoms with Crippen LogP contribution in [0.25, 0.3) is 0 Å². The first kappa shape index (κ1) is 20.7. The second-order valence-corrected chi connectivity index (χ2v) is 8.13. The van der Waals surface area contributed by atoms with Crippen LogP contribution in [-0.2, 0) is 6.54 Å². The Kier molecular flexibility index (Phi) is 5.46. The molecule has 0 unspecified atom stereocenters. The van der Waals surface area contributed by atoms with Crippen molar-refractivity contribution in [2.45, 2.75) is 31.2 Å². The fourth-order valence-electron chi connectivity index (χ4n) is 3.28. The largest absolute Gasteiger partial charge is 0.410 e. The number of alkyl halides is 3. The summed E-state index contributed by atoms with van der Waals surface area (Å²) < 4.78 is 54.9. The number of thiophene rings is 1. The summed E-state index contributed by atoms with van der Waals surface area (Å²) in [5, 5.41) is 11.0. The van der Waals surface area contributed by atoms with Crippen LogP contribution >= 0.6 is 22.9 Å². The molecule has 3 aromatic rings. The number of aromatic nitrogens is 2. The van der Waals surface area contributed by atoms with Crippen molar-refractivity contribution in [1.82, 2.24) is 15.1 Å². The van der Waals surface area contributed by atoms with Gasteiger partial charge in [0.2, 0.25) is 0 Å². The Labute approximate surface area is 177 Å². The molecule has 2 aromatic heterocycles. The minimum atomic E-state index is -4.57. The van der Waals surface area contributed by atoms with Gasteiger partial charge in [-0.05, 0) is 29.1 Å². The predicted molar refractivity (Wildman–Crippen MR) is 105 cm³/mol. The van der Waals surface area contributed by atoms with Crippen LogP contribution in [0.5, 0.6) is 0 Å². The van der Waals surface area contributed by atoms with Crippen LogP contribution in [0.2, 0.25) is 5.02 Å². The van der Waals surface area contributed by atoms with Crippen LogP contribution in [0.4, 0.5) is 23.4 Å². The molecule has 158 valence electrons. The Hall–Kier alpha value is -2.59. The normalized spacial score (nSPS) is 18.6. The fraction of sp³-hybridized carbons (Fsp3) is 0.263. The molecule has 0 bridgehead atoms. The molecule has 0 aliphatic carbocycles. The molecule has 4 rings (SSSR count). The van der Waals surface area contributed by atoms with Crippen molar-refractivity contribution in [3.63, 3.8) is 0 Å². The van der Waals surface area contributed by atoms with Crippen LogP contribution in [0.15, 0.2) is 41.8 Å². The molecular weight excluding hydrogens is 444 g/mol. The molecule has 1 aromatic carbocycles. The Morgan fingerprint density at radius 2 is 2.03 bits per heavy atom. The molecule has 2 N–H and O–H groups in total. The number of nitrogens with zero attached hydrogens (tertiary/aromatic N) is 2. The Morgan fingerprint density at radius 3 is 2.67 bits per heavy atom. The van der Waals surface area contributed by atoms with Crippen molar-refractivity contribution >= 4 is 34.7 Å². The highest BCUT2D eigenvalue weighted by molar-refractivity contribution is 7.10. The number of fused-ring (bicyclic) bond motifs is 1. The summed E-state index contributed by atoms with van der Waals surface area (Å²) in [4.78, 5) is 13.3. The number of carbonyl (C=O) groups is 1. The zero-order valence-electron chi connectivity index (χ0n) is 15.2. The predicted octanol–water partition coefficient (Wildman–Crippen LogP) is 5.33. The van der Waals surface area contributed by atoms with Gasteiger partial charge in [0, 0.05) is 17.8 Å². The number of benzene rings is 1. The molecule has 0 radical (unpaired) electrons. The van der Waals surface area contributed by atoms with Gasteiger partial charge < -0.3 is 10.6 Å². The maximum Gasteiger partial charge on any atom is 0.410 e. The minimum absolute atomic E-state index is 0.0458. The second-order valence-electron chi connectivity index (χ2n) is 6.77. The van der Waals surface area contributed by atoms with E-state index >= 15 is 0 Å². The molecule has 1 amide bonds. The lowest BCUT2D eigenvalue weighted by Crippen LogP contribution is -2.35. The quantitative estimate of drug-likeness (QED) is 0.520. The van der Waals surface area contributed by atoms with Gasteiger partial charge in [-0.1, -0.05) is 29.8 Å². The van der Waals surface area contributed by atoms with E-state index in [-0.39, 0.29) is 29.5 Å². The zero-order valence-corrected chi connectivity index (χ0v) is 16.8. The maximum absolute atomic E-state index is 13.7. The third kappa shape index (κ3) is 4.01. The molecule has 11 heteroatoms. The fourth-order valence-corrected chi connectivity index (χ4v) is 4.33. The molecule has 30 heavy (non-hydrogen) atoms. The Morgan fingerprint density at radius 1 is 1.30 bits per heavy atom. The summed E-state index contributed by atoms with van der Waals surface area (Å²) in [6.45, 7) is 0.0472. The number of hydrogen-bond donors (Lipinski definition) is 2. The molecule has 0 saturated carbocycles. The van der Waals surface area contributed by atoms with E-state index in [1.54, 1.807) is 17.5 Å². The first-order valence-electron chi connectivity index (χ1n) is 8.91. The van der Waals surface area contributed by atoms with Gasteiger partial charge in [0.1, 0.15) is 16.7 Å². The third-order valence-electron chi connectivity index (χ3n) is 4.76. The highest BCUT2D eigenvalue weighted by atomic mass is 35.5. The van der Waals surface area contributed by atoms with Crippen LogP contribution in [0.1, 0.15) is 39.4 Å². The highest BCUT2D eigenvalue weighted by Gasteiger charge is 2.48. The smallest absolute Gasteiger partial charge is 0.361 e. The lowest BCUT2D eigenvalue weighted by Gasteiger charge is -2.32. The van der Waals surface area contributed by atoms with E-state index in [1.165, 1.54) is 35.6 Å². The summed E-state index contributed by atoms with van der Waals surface area (Å²) in [5.74, 6) is -1.18. The van der Waals surface area contributed by atoms with Crippen LogP contribution in [0, 0.1) is 5.82 Å². The van der Waals surface area contributed by atoms with E-state index < -0.39 is 30.0 Å². The summed E-state index contributed by atoms with van der Waals surface area (Å²) in [6.07, 6.45) is -4.84. The summed E-state index contributed by atoms with van der Waals surface area (Å²) >= 11 is 7.60. The average Bonchev–Trinajstić information content (AvgIpc) is 3.34. The maximum atomic E-state index is 13.7. The number of rotatable bonds is 4. The Bertz CT molecular complexity index is 1050. The number of carbonyl (C=O) groups excluding carboxylic acids is 1.